The van der Waals surface area contributed by atoms with E-state index in [9.17, 15) is 10.0 Å². The summed E-state index contributed by atoms with van der Waals surface area (Å²) in [5, 5.41) is 13.4. The zero-order valence-electron chi connectivity index (χ0n) is 19.4. The Labute approximate surface area is 198 Å². The molecule has 0 unspecified atom stereocenters. The second-order valence-corrected chi connectivity index (χ2v) is 9.23. The highest BCUT2D eigenvalue weighted by Crippen LogP contribution is 2.36. The number of ether oxygens (including phenoxy) is 2. The first-order chi connectivity index (χ1) is 15.6. The standard InChI is InChI=1S/C25H29N3O4S/c1-17-9-14-23(22(15-17)28(30)33-27-24(29)26-25(2,3)4)32-21-8-6-7-19(16-21)18-10-12-20(31-5)13-11-18/h6-16,30H,1-5H3,(H2,26,27,29). The van der Waals surface area contributed by atoms with Crippen LogP contribution >= 0.6 is 12.1 Å². The Bertz CT molecular complexity index is 1100. The third-order valence-electron chi connectivity index (χ3n) is 4.52. The van der Waals surface area contributed by atoms with Crippen molar-refractivity contribution in [3.05, 3.63) is 72.3 Å². The summed E-state index contributed by atoms with van der Waals surface area (Å²) in [5.74, 6) is 1.85. The summed E-state index contributed by atoms with van der Waals surface area (Å²) in [6, 6.07) is 20.5. The summed E-state index contributed by atoms with van der Waals surface area (Å²) in [5.41, 5.74) is 2.96. The van der Waals surface area contributed by atoms with E-state index in [4.69, 9.17) is 9.47 Å². The lowest BCUT2D eigenvalue weighted by Gasteiger charge is -2.23. The number of nitrogens with zero attached hydrogens (tertiary/aromatic N) is 1. The molecule has 0 heterocycles. The van der Waals surface area contributed by atoms with Crippen molar-refractivity contribution in [3.8, 4) is 28.4 Å². The Hall–Kier alpha value is -3.36. The van der Waals surface area contributed by atoms with Crippen molar-refractivity contribution in [2.24, 2.45) is 0 Å². The molecule has 3 rings (SSSR count). The van der Waals surface area contributed by atoms with Crippen molar-refractivity contribution in [2.75, 3.05) is 11.6 Å². The molecule has 0 radical (unpaired) electrons. The van der Waals surface area contributed by atoms with Crippen LogP contribution in [0.15, 0.2) is 66.7 Å². The van der Waals surface area contributed by atoms with Crippen LogP contribution in [0.1, 0.15) is 26.3 Å². The topological polar surface area (TPSA) is 83.1 Å². The number of nitrogens with one attached hydrogen (secondary N) is 2. The van der Waals surface area contributed by atoms with E-state index in [-0.39, 0.29) is 0 Å². The van der Waals surface area contributed by atoms with E-state index in [2.05, 4.69) is 10.0 Å². The number of benzene rings is 3. The number of anilines is 1. The van der Waals surface area contributed by atoms with Crippen LogP contribution in [0, 0.1) is 6.92 Å². The Morgan fingerprint density at radius 1 is 0.970 bits per heavy atom. The number of hydrogen-bond donors (Lipinski definition) is 3. The highest BCUT2D eigenvalue weighted by atomic mass is 32.2. The van der Waals surface area contributed by atoms with E-state index in [1.807, 2.05) is 82.3 Å². The SMILES string of the molecule is COc1ccc(-c2cccc(Oc3ccc(C)cc3N(O)SNC(=O)NC(C)(C)C)c2)cc1. The summed E-state index contributed by atoms with van der Waals surface area (Å²) < 4.78 is 14.8. The lowest BCUT2D eigenvalue weighted by molar-refractivity contribution is 0.237. The molecule has 3 aromatic rings. The van der Waals surface area contributed by atoms with Gasteiger partial charge in [0.1, 0.15) is 17.2 Å². The zero-order valence-corrected chi connectivity index (χ0v) is 20.2. The lowest BCUT2D eigenvalue weighted by Crippen LogP contribution is -2.45. The van der Waals surface area contributed by atoms with Gasteiger partial charge in [-0.15, -0.1) is 0 Å². The maximum Gasteiger partial charge on any atom is 0.326 e. The van der Waals surface area contributed by atoms with Gasteiger partial charge in [-0.2, -0.15) is 4.47 Å². The van der Waals surface area contributed by atoms with Gasteiger partial charge in [-0.25, -0.2) is 4.79 Å². The quantitative estimate of drug-likeness (QED) is 0.279. The van der Waals surface area contributed by atoms with Gasteiger partial charge in [0.25, 0.3) is 0 Å². The normalized spacial score (nSPS) is 11.0. The Kier molecular flexibility index (Phi) is 7.73. The minimum Gasteiger partial charge on any atom is -0.497 e. The summed E-state index contributed by atoms with van der Waals surface area (Å²) in [7, 11) is 1.64. The molecular weight excluding hydrogens is 438 g/mol. The van der Waals surface area contributed by atoms with Crippen LogP contribution in [0.5, 0.6) is 17.2 Å². The first-order valence-corrected chi connectivity index (χ1v) is 11.2. The molecule has 7 nitrogen and oxygen atoms in total. The predicted molar refractivity (Wildman–Crippen MR) is 133 cm³/mol. The van der Waals surface area contributed by atoms with E-state index < -0.39 is 11.6 Å². The predicted octanol–water partition coefficient (Wildman–Crippen LogP) is 6.32. The average Bonchev–Trinajstić information content (AvgIpc) is 2.78. The number of carbonyl (C=O) groups is 1. The van der Waals surface area contributed by atoms with Gasteiger partial charge in [0.05, 0.1) is 19.2 Å². The molecule has 0 atom stereocenters. The first kappa shape index (κ1) is 24.3. The molecule has 0 aliphatic heterocycles. The molecule has 0 bridgehead atoms. The molecule has 8 heteroatoms. The second kappa shape index (κ2) is 10.5. The van der Waals surface area contributed by atoms with Crippen molar-refractivity contribution in [1.82, 2.24) is 10.0 Å². The largest absolute Gasteiger partial charge is 0.497 e. The molecule has 0 saturated heterocycles. The maximum absolute atomic E-state index is 12.0. The lowest BCUT2D eigenvalue weighted by atomic mass is 10.1. The van der Waals surface area contributed by atoms with Gasteiger partial charge in [0.2, 0.25) is 0 Å². The van der Waals surface area contributed by atoms with Crippen LogP contribution in [-0.2, 0) is 0 Å². The molecule has 3 aromatic carbocycles. The summed E-state index contributed by atoms with van der Waals surface area (Å²) in [6.07, 6.45) is 0. The Morgan fingerprint density at radius 3 is 2.36 bits per heavy atom. The number of rotatable bonds is 7. The van der Waals surface area contributed by atoms with Crippen LogP contribution in [0.4, 0.5) is 10.5 Å². The van der Waals surface area contributed by atoms with E-state index in [1.165, 1.54) is 0 Å². The molecule has 0 fully saturated rings. The van der Waals surface area contributed by atoms with Crippen molar-refractivity contribution in [3.63, 3.8) is 0 Å². The van der Waals surface area contributed by atoms with Crippen LogP contribution in [0.3, 0.4) is 0 Å². The number of amides is 2. The van der Waals surface area contributed by atoms with E-state index in [1.54, 1.807) is 19.2 Å². The first-order valence-electron chi connectivity index (χ1n) is 10.4. The number of carbonyl (C=O) groups excluding carboxylic acids is 1. The molecule has 0 aliphatic rings. The molecule has 174 valence electrons. The molecule has 0 saturated carbocycles. The van der Waals surface area contributed by atoms with Gasteiger partial charge in [-0.1, -0.05) is 30.3 Å². The van der Waals surface area contributed by atoms with Crippen LogP contribution < -0.4 is 24.0 Å². The van der Waals surface area contributed by atoms with Gasteiger partial charge in [-0.3, -0.25) is 9.93 Å². The minimum absolute atomic E-state index is 0.391. The number of aryl methyl sites for hydroxylation is 1. The highest BCUT2D eigenvalue weighted by Gasteiger charge is 2.17. The fourth-order valence-electron chi connectivity index (χ4n) is 3.01. The van der Waals surface area contributed by atoms with Crippen LogP contribution in [0.2, 0.25) is 0 Å². The molecule has 33 heavy (non-hydrogen) atoms. The van der Waals surface area contributed by atoms with Crippen molar-refractivity contribution in [2.45, 2.75) is 33.2 Å². The third kappa shape index (κ3) is 7.06. The number of hydrogen-bond acceptors (Lipinski definition) is 6. The van der Waals surface area contributed by atoms with Gasteiger partial charge < -0.3 is 14.8 Å². The summed E-state index contributed by atoms with van der Waals surface area (Å²) >= 11 is 0.750. The zero-order chi connectivity index (χ0) is 24.0. The highest BCUT2D eigenvalue weighted by molar-refractivity contribution is 7.99. The molecule has 0 spiro atoms. The van der Waals surface area contributed by atoms with Gasteiger partial charge >= 0.3 is 6.03 Å². The fourth-order valence-corrected chi connectivity index (χ4v) is 3.47. The van der Waals surface area contributed by atoms with Crippen LogP contribution in [-0.4, -0.2) is 23.9 Å². The Balaban J connectivity index is 1.77. The smallest absolute Gasteiger partial charge is 0.326 e. The van der Waals surface area contributed by atoms with E-state index in [0.717, 1.165) is 39.0 Å². The molecular formula is C25H29N3O4S. The Morgan fingerprint density at radius 2 is 1.70 bits per heavy atom. The number of methoxy groups -OCH3 is 1. The second-order valence-electron chi connectivity index (χ2n) is 8.50. The van der Waals surface area contributed by atoms with E-state index in [0.29, 0.717) is 17.2 Å². The molecule has 0 aromatic heterocycles. The fraction of sp³-hybridized carbons (Fsp3) is 0.240. The van der Waals surface area contributed by atoms with Gasteiger partial charge in [0.15, 0.2) is 5.75 Å². The van der Waals surface area contributed by atoms with Gasteiger partial charge in [-0.05, 0) is 80.8 Å². The monoisotopic (exact) mass is 467 g/mol. The maximum atomic E-state index is 12.0. The van der Waals surface area contributed by atoms with Crippen molar-refractivity contribution >= 4 is 23.9 Å². The van der Waals surface area contributed by atoms with Crippen LogP contribution in [0.25, 0.3) is 11.1 Å². The van der Waals surface area contributed by atoms with Crippen molar-refractivity contribution in [1.29, 1.82) is 0 Å². The van der Waals surface area contributed by atoms with Gasteiger partial charge in [0, 0.05) is 5.54 Å². The van der Waals surface area contributed by atoms with E-state index >= 15 is 0 Å². The molecule has 0 aliphatic carbocycles. The third-order valence-corrected chi connectivity index (χ3v) is 5.17. The average molecular weight is 468 g/mol. The molecule has 2 amide bonds. The summed E-state index contributed by atoms with van der Waals surface area (Å²) in [6.45, 7) is 7.54. The summed E-state index contributed by atoms with van der Waals surface area (Å²) in [4.78, 5) is 12.0. The van der Waals surface area contributed by atoms with Crippen molar-refractivity contribution < 1.29 is 19.5 Å². The number of urea groups is 1. The minimum atomic E-state index is -0.408. The molecule has 3 N–H and O–H groups in total.